The molecule has 2 fully saturated rings. The third-order valence-corrected chi connectivity index (χ3v) is 6.16. The summed E-state index contributed by atoms with van der Waals surface area (Å²) in [7, 11) is -3.02. The van der Waals surface area contributed by atoms with Gasteiger partial charge >= 0.3 is 0 Å². The largest absolute Gasteiger partial charge is 0.330 e. The quantitative estimate of drug-likeness (QED) is 0.825. The molecule has 0 spiro atoms. The first-order valence-corrected chi connectivity index (χ1v) is 8.40. The Kier molecular flexibility index (Phi) is 4.44. The van der Waals surface area contributed by atoms with Gasteiger partial charge in [0.15, 0.2) is 0 Å². The number of sulfonamides is 1. The molecule has 0 aromatic carbocycles. The minimum Gasteiger partial charge on any atom is -0.330 e. The lowest BCUT2D eigenvalue weighted by Gasteiger charge is -2.24. The van der Waals surface area contributed by atoms with Crippen LogP contribution in [0, 0.1) is 11.8 Å². The Hall–Kier alpha value is -0.130. The molecule has 0 aromatic heterocycles. The number of rotatable bonds is 4. The summed E-state index contributed by atoms with van der Waals surface area (Å²) in [6, 6.07) is 0. The zero-order chi connectivity index (χ0) is 12.3. The van der Waals surface area contributed by atoms with E-state index in [1.807, 2.05) is 0 Å². The summed E-state index contributed by atoms with van der Waals surface area (Å²) < 4.78 is 26.2. The van der Waals surface area contributed by atoms with E-state index in [1.165, 1.54) is 19.3 Å². The number of nitrogens with zero attached hydrogens (tertiary/aromatic N) is 1. The maximum atomic E-state index is 12.2. The SMILES string of the molecule is NCC1CCN(S(=O)(=O)CC2CCCCC2)C1. The fourth-order valence-electron chi connectivity index (χ4n) is 3.00. The number of hydrogen-bond acceptors (Lipinski definition) is 3. The van der Waals surface area contributed by atoms with Gasteiger partial charge in [0.05, 0.1) is 5.75 Å². The van der Waals surface area contributed by atoms with Gasteiger partial charge in [0.2, 0.25) is 10.0 Å². The lowest BCUT2D eigenvalue weighted by molar-refractivity contribution is 0.374. The molecule has 2 N–H and O–H groups in total. The Morgan fingerprint density at radius 3 is 2.35 bits per heavy atom. The summed E-state index contributed by atoms with van der Waals surface area (Å²) in [5.74, 6) is 1.13. The van der Waals surface area contributed by atoms with E-state index in [0.29, 0.717) is 37.2 Å². The molecule has 17 heavy (non-hydrogen) atoms. The summed E-state index contributed by atoms with van der Waals surface area (Å²) in [6.45, 7) is 1.93. The van der Waals surface area contributed by atoms with Gasteiger partial charge in [-0.25, -0.2) is 12.7 Å². The van der Waals surface area contributed by atoms with Crippen molar-refractivity contribution in [3.8, 4) is 0 Å². The molecule has 1 aliphatic carbocycles. The van der Waals surface area contributed by atoms with Crippen LogP contribution in [0.1, 0.15) is 38.5 Å². The van der Waals surface area contributed by atoms with Crippen LogP contribution < -0.4 is 5.73 Å². The van der Waals surface area contributed by atoms with E-state index in [4.69, 9.17) is 5.73 Å². The summed E-state index contributed by atoms with van der Waals surface area (Å²) in [5.41, 5.74) is 5.60. The molecule has 1 heterocycles. The summed E-state index contributed by atoms with van der Waals surface area (Å²) >= 11 is 0. The first kappa shape index (κ1) is 13.3. The Labute approximate surface area is 105 Å². The van der Waals surface area contributed by atoms with Gasteiger partial charge in [-0.05, 0) is 37.6 Å². The first-order valence-electron chi connectivity index (χ1n) is 6.79. The predicted molar refractivity (Wildman–Crippen MR) is 69.1 cm³/mol. The minimum atomic E-state index is -3.02. The van der Waals surface area contributed by atoms with Crippen molar-refractivity contribution < 1.29 is 8.42 Å². The Bertz CT molecular complexity index is 336. The van der Waals surface area contributed by atoms with Crippen molar-refractivity contribution >= 4 is 10.0 Å². The highest BCUT2D eigenvalue weighted by molar-refractivity contribution is 7.89. The van der Waals surface area contributed by atoms with Crippen molar-refractivity contribution in [3.05, 3.63) is 0 Å². The van der Waals surface area contributed by atoms with Crippen LogP contribution in [0.15, 0.2) is 0 Å². The molecule has 1 saturated carbocycles. The van der Waals surface area contributed by atoms with Crippen molar-refractivity contribution in [2.24, 2.45) is 17.6 Å². The summed E-state index contributed by atoms with van der Waals surface area (Å²) in [6.07, 6.45) is 6.79. The van der Waals surface area contributed by atoms with Crippen LogP contribution in [0.4, 0.5) is 0 Å². The van der Waals surface area contributed by atoms with E-state index in [9.17, 15) is 8.42 Å². The first-order chi connectivity index (χ1) is 8.12. The van der Waals surface area contributed by atoms with Crippen molar-refractivity contribution in [1.29, 1.82) is 0 Å². The average Bonchev–Trinajstić information content (AvgIpc) is 2.79. The van der Waals surface area contributed by atoms with Gasteiger partial charge < -0.3 is 5.73 Å². The maximum absolute atomic E-state index is 12.2. The molecule has 4 nitrogen and oxygen atoms in total. The molecule has 1 atom stereocenters. The van der Waals surface area contributed by atoms with Gasteiger partial charge in [-0.2, -0.15) is 0 Å². The maximum Gasteiger partial charge on any atom is 0.214 e. The van der Waals surface area contributed by atoms with Gasteiger partial charge in [-0.3, -0.25) is 0 Å². The fourth-order valence-corrected chi connectivity index (χ4v) is 4.96. The summed E-state index contributed by atoms with van der Waals surface area (Å²) in [4.78, 5) is 0. The van der Waals surface area contributed by atoms with Gasteiger partial charge in [0.1, 0.15) is 0 Å². The number of hydrogen-bond donors (Lipinski definition) is 1. The molecule has 1 saturated heterocycles. The molecule has 1 aliphatic heterocycles. The average molecular weight is 260 g/mol. The van der Waals surface area contributed by atoms with Gasteiger partial charge in [-0.15, -0.1) is 0 Å². The fraction of sp³-hybridized carbons (Fsp3) is 1.00. The van der Waals surface area contributed by atoms with Gasteiger partial charge in [0, 0.05) is 13.1 Å². The van der Waals surface area contributed by atoms with Crippen LogP contribution in [0.5, 0.6) is 0 Å². The van der Waals surface area contributed by atoms with Gasteiger partial charge in [0.25, 0.3) is 0 Å². The molecule has 5 heteroatoms. The van der Waals surface area contributed by atoms with Crippen LogP contribution >= 0.6 is 0 Å². The third-order valence-electron chi connectivity index (χ3n) is 4.15. The monoisotopic (exact) mass is 260 g/mol. The van der Waals surface area contributed by atoms with E-state index >= 15 is 0 Å². The second kappa shape index (κ2) is 5.67. The predicted octanol–water partition coefficient (Wildman–Crippen LogP) is 1.18. The van der Waals surface area contributed by atoms with E-state index in [-0.39, 0.29) is 0 Å². The molecule has 2 rings (SSSR count). The Morgan fingerprint density at radius 1 is 1.06 bits per heavy atom. The smallest absolute Gasteiger partial charge is 0.214 e. The number of nitrogens with two attached hydrogens (primary N) is 1. The van der Waals surface area contributed by atoms with Crippen LogP contribution in [0.3, 0.4) is 0 Å². The summed E-state index contributed by atoms with van der Waals surface area (Å²) in [5, 5.41) is 0. The van der Waals surface area contributed by atoms with Gasteiger partial charge in [-0.1, -0.05) is 19.3 Å². The lowest BCUT2D eigenvalue weighted by atomic mass is 9.91. The molecule has 1 unspecified atom stereocenters. The van der Waals surface area contributed by atoms with Crippen LogP contribution in [-0.4, -0.2) is 38.1 Å². The topological polar surface area (TPSA) is 63.4 Å². The zero-order valence-electron chi connectivity index (χ0n) is 10.5. The highest BCUT2D eigenvalue weighted by Crippen LogP contribution is 2.27. The second-order valence-electron chi connectivity index (χ2n) is 5.53. The van der Waals surface area contributed by atoms with E-state index in [2.05, 4.69) is 0 Å². The van der Waals surface area contributed by atoms with E-state index in [0.717, 1.165) is 19.3 Å². The molecular formula is C12H24N2O2S. The highest BCUT2D eigenvalue weighted by atomic mass is 32.2. The van der Waals surface area contributed by atoms with E-state index < -0.39 is 10.0 Å². The normalized spacial score (nSPS) is 28.6. The standard InChI is InChI=1S/C12H24N2O2S/c13-8-12-6-7-14(9-12)17(15,16)10-11-4-2-1-3-5-11/h11-12H,1-10,13H2. The highest BCUT2D eigenvalue weighted by Gasteiger charge is 2.32. The molecule has 0 bridgehead atoms. The Balaban J connectivity index is 1.90. The minimum absolute atomic E-state index is 0.365. The van der Waals surface area contributed by atoms with Crippen molar-refractivity contribution in [2.45, 2.75) is 38.5 Å². The third kappa shape index (κ3) is 3.42. The second-order valence-corrected chi connectivity index (χ2v) is 7.54. The van der Waals surface area contributed by atoms with E-state index in [1.54, 1.807) is 4.31 Å². The Morgan fingerprint density at radius 2 is 1.76 bits per heavy atom. The molecule has 0 radical (unpaired) electrons. The zero-order valence-corrected chi connectivity index (χ0v) is 11.3. The lowest BCUT2D eigenvalue weighted by Crippen LogP contribution is -2.34. The van der Waals surface area contributed by atoms with Crippen LogP contribution in [0.25, 0.3) is 0 Å². The van der Waals surface area contributed by atoms with Crippen molar-refractivity contribution in [1.82, 2.24) is 4.31 Å². The van der Waals surface area contributed by atoms with Crippen LogP contribution in [-0.2, 0) is 10.0 Å². The van der Waals surface area contributed by atoms with Crippen molar-refractivity contribution in [3.63, 3.8) is 0 Å². The van der Waals surface area contributed by atoms with Crippen molar-refractivity contribution in [2.75, 3.05) is 25.4 Å². The molecular weight excluding hydrogens is 236 g/mol. The molecule has 0 amide bonds. The molecule has 0 aromatic rings. The van der Waals surface area contributed by atoms with Crippen LogP contribution in [0.2, 0.25) is 0 Å². The molecule has 100 valence electrons. The molecule has 2 aliphatic rings.